The molecule has 0 saturated carbocycles. The van der Waals surface area contributed by atoms with Crippen molar-refractivity contribution in [2.75, 3.05) is 6.54 Å². The Kier molecular flexibility index (Phi) is 5.71. The highest BCUT2D eigenvalue weighted by Gasteiger charge is 2.03. The van der Waals surface area contributed by atoms with Gasteiger partial charge in [-0.15, -0.1) is 0 Å². The quantitative estimate of drug-likeness (QED) is 0.722. The van der Waals surface area contributed by atoms with E-state index < -0.39 is 0 Å². The van der Waals surface area contributed by atoms with Crippen molar-refractivity contribution in [1.82, 2.24) is 15.5 Å². The van der Waals surface area contributed by atoms with Gasteiger partial charge in [0, 0.05) is 13.5 Å². The van der Waals surface area contributed by atoms with Crippen LogP contribution in [0.25, 0.3) is 0 Å². The van der Waals surface area contributed by atoms with Gasteiger partial charge in [0.2, 0.25) is 11.7 Å². The van der Waals surface area contributed by atoms with Gasteiger partial charge in [0.15, 0.2) is 6.61 Å². The van der Waals surface area contributed by atoms with Gasteiger partial charge in [-0.25, -0.2) is 0 Å². The summed E-state index contributed by atoms with van der Waals surface area (Å²) in [7, 11) is 0. The first kappa shape index (κ1) is 15.5. The van der Waals surface area contributed by atoms with Gasteiger partial charge in [0.05, 0.1) is 6.10 Å². The SMILES string of the molecule is Cc1nc(COc2ccc(CNCCC(C)O)cc2)no1. The Labute approximate surface area is 124 Å². The number of aliphatic hydroxyl groups excluding tert-OH is 1. The first-order valence-electron chi connectivity index (χ1n) is 7.03. The summed E-state index contributed by atoms with van der Waals surface area (Å²) in [5, 5.41) is 16.2. The molecule has 0 amide bonds. The van der Waals surface area contributed by atoms with E-state index in [0.29, 0.717) is 18.3 Å². The number of aromatic nitrogens is 2. The Morgan fingerprint density at radius 3 is 2.71 bits per heavy atom. The Hall–Kier alpha value is -1.92. The van der Waals surface area contributed by atoms with E-state index in [9.17, 15) is 0 Å². The molecule has 6 nitrogen and oxygen atoms in total. The lowest BCUT2D eigenvalue weighted by molar-refractivity contribution is 0.183. The van der Waals surface area contributed by atoms with E-state index in [1.807, 2.05) is 24.3 Å². The van der Waals surface area contributed by atoms with Crippen molar-refractivity contribution in [2.45, 2.75) is 39.5 Å². The second-order valence-corrected chi connectivity index (χ2v) is 4.98. The predicted molar refractivity (Wildman–Crippen MR) is 77.8 cm³/mol. The van der Waals surface area contributed by atoms with Crippen LogP contribution in [0.2, 0.25) is 0 Å². The maximum absolute atomic E-state index is 9.17. The molecule has 1 aromatic carbocycles. The van der Waals surface area contributed by atoms with Crippen LogP contribution in [0.5, 0.6) is 5.75 Å². The summed E-state index contributed by atoms with van der Waals surface area (Å²) in [6.45, 7) is 5.41. The largest absolute Gasteiger partial charge is 0.485 e. The minimum atomic E-state index is -0.262. The smallest absolute Gasteiger partial charge is 0.223 e. The highest BCUT2D eigenvalue weighted by atomic mass is 16.5. The fourth-order valence-corrected chi connectivity index (χ4v) is 1.80. The molecule has 0 bridgehead atoms. The van der Waals surface area contributed by atoms with Gasteiger partial charge in [-0.05, 0) is 37.6 Å². The predicted octanol–water partition coefficient (Wildman–Crippen LogP) is 1.82. The molecule has 0 aliphatic heterocycles. The number of hydrogen-bond acceptors (Lipinski definition) is 6. The maximum atomic E-state index is 9.17. The number of nitrogens with zero attached hydrogens (tertiary/aromatic N) is 2. The van der Waals surface area contributed by atoms with Crippen molar-refractivity contribution < 1.29 is 14.4 Å². The van der Waals surface area contributed by atoms with E-state index >= 15 is 0 Å². The van der Waals surface area contributed by atoms with Crippen molar-refractivity contribution in [3.63, 3.8) is 0 Å². The van der Waals surface area contributed by atoms with Gasteiger partial charge in [-0.3, -0.25) is 0 Å². The highest BCUT2D eigenvalue weighted by molar-refractivity contribution is 5.27. The van der Waals surface area contributed by atoms with Crippen LogP contribution in [0.15, 0.2) is 28.8 Å². The van der Waals surface area contributed by atoms with E-state index in [1.165, 1.54) is 5.56 Å². The number of aliphatic hydroxyl groups is 1. The van der Waals surface area contributed by atoms with E-state index in [2.05, 4.69) is 15.5 Å². The monoisotopic (exact) mass is 291 g/mol. The fraction of sp³-hybridized carbons (Fsp3) is 0.467. The zero-order valence-corrected chi connectivity index (χ0v) is 12.4. The number of nitrogens with one attached hydrogen (secondary N) is 1. The third kappa shape index (κ3) is 5.53. The highest BCUT2D eigenvalue weighted by Crippen LogP contribution is 2.13. The lowest BCUT2D eigenvalue weighted by atomic mass is 10.2. The molecule has 0 saturated heterocycles. The molecule has 1 aromatic heterocycles. The van der Waals surface area contributed by atoms with Crippen molar-refractivity contribution in [3.8, 4) is 5.75 Å². The van der Waals surface area contributed by atoms with Crippen LogP contribution in [-0.2, 0) is 13.2 Å². The second kappa shape index (κ2) is 7.75. The van der Waals surface area contributed by atoms with Crippen molar-refractivity contribution >= 4 is 0 Å². The molecule has 0 fully saturated rings. The standard InChI is InChI=1S/C15H21N3O3/c1-11(19)7-8-16-9-13-3-5-14(6-4-13)20-10-15-17-12(2)21-18-15/h3-6,11,16,19H,7-10H2,1-2H3. The Bertz CT molecular complexity index is 537. The van der Waals surface area contributed by atoms with Crippen LogP contribution < -0.4 is 10.1 Å². The maximum Gasteiger partial charge on any atom is 0.223 e. The van der Waals surface area contributed by atoms with Gasteiger partial charge in [-0.1, -0.05) is 17.3 Å². The molecule has 0 aliphatic carbocycles. The molecular formula is C15H21N3O3. The van der Waals surface area contributed by atoms with Crippen LogP contribution in [0.3, 0.4) is 0 Å². The molecule has 2 rings (SSSR count). The van der Waals surface area contributed by atoms with Gasteiger partial charge in [0.25, 0.3) is 0 Å². The van der Waals surface area contributed by atoms with Crippen LogP contribution in [-0.4, -0.2) is 27.9 Å². The first-order valence-corrected chi connectivity index (χ1v) is 7.03. The van der Waals surface area contributed by atoms with Crippen molar-refractivity contribution in [2.24, 2.45) is 0 Å². The molecule has 1 atom stereocenters. The zero-order chi connectivity index (χ0) is 15.1. The molecule has 1 heterocycles. The van der Waals surface area contributed by atoms with E-state index in [1.54, 1.807) is 13.8 Å². The summed E-state index contributed by atoms with van der Waals surface area (Å²) < 4.78 is 10.5. The van der Waals surface area contributed by atoms with Gasteiger partial charge in [0.1, 0.15) is 5.75 Å². The molecule has 0 spiro atoms. The van der Waals surface area contributed by atoms with Gasteiger partial charge < -0.3 is 19.7 Å². The summed E-state index contributed by atoms with van der Waals surface area (Å²) in [5.41, 5.74) is 1.17. The van der Waals surface area contributed by atoms with Crippen LogP contribution in [0.1, 0.15) is 30.6 Å². The van der Waals surface area contributed by atoms with Crippen LogP contribution >= 0.6 is 0 Å². The summed E-state index contributed by atoms with van der Waals surface area (Å²) in [4.78, 5) is 4.07. The van der Waals surface area contributed by atoms with Crippen molar-refractivity contribution in [1.29, 1.82) is 0 Å². The van der Waals surface area contributed by atoms with E-state index in [0.717, 1.165) is 25.3 Å². The Morgan fingerprint density at radius 2 is 2.10 bits per heavy atom. The molecule has 2 aromatic rings. The van der Waals surface area contributed by atoms with Crippen molar-refractivity contribution in [3.05, 3.63) is 41.5 Å². The molecule has 0 aliphatic rings. The molecule has 1 unspecified atom stereocenters. The number of benzene rings is 1. The number of hydrogen-bond donors (Lipinski definition) is 2. The molecular weight excluding hydrogens is 270 g/mol. The molecule has 114 valence electrons. The van der Waals surface area contributed by atoms with Gasteiger partial charge in [-0.2, -0.15) is 4.98 Å². The lowest BCUT2D eigenvalue weighted by Gasteiger charge is -2.08. The fourth-order valence-electron chi connectivity index (χ4n) is 1.80. The average Bonchev–Trinajstić information content (AvgIpc) is 2.88. The summed E-state index contributed by atoms with van der Waals surface area (Å²) in [6.07, 6.45) is 0.493. The minimum absolute atomic E-state index is 0.262. The lowest BCUT2D eigenvalue weighted by Crippen LogP contribution is -2.18. The minimum Gasteiger partial charge on any atom is -0.485 e. The Morgan fingerprint density at radius 1 is 1.33 bits per heavy atom. The first-order chi connectivity index (χ1) is 10.1. The second-order valence-electron chi connectivity index (χ2n) is 4.98. The molecule has 2 N–H and O–H groups in total. The summed E-state index contributed by atoms with van der Waals surface area (Å²) in [5.74, 6) is 1.84. The third-order valence-corrected chi connectivity index (χ3v) is 2.93. The van der Waals surface area contributed by atoms with E-state index in [4.69, 9.17) is 14.4 Å². The summed E-state index contributed by atoms with van der Waals surface area (Å²) in [6, 6.07) is 7.84. The number of rotatable bonds is 8. The number of aryl methyl sites for hydroxylation is 1. The van der Waals surface area contributed by atoms with Crippen LogP contribution in [0.4, 0.5) is 0 Å². The Balaban J connectivity index is 1.73. The third-order valence-electron chi connectivity index (χ3n) is 2.93. The molecule has 6 heteroatoms. The van der Waals surface area contributed by atoms with Gasteiger partial charge >= 0.3 is 0 Å². The number of ether oxygens (including phenoxy) is 1. The normalized spacial score (nSPS) is 12.3. The topological polar surface area (TPSA) is 80.4 Å². The average molecular weight is 291 g/mol. The molecule has 0 radical (unpaired) electrons. The molecule has 21 heavy (non-hydrogen) atoms. The zero-order valence-electron chi connectivity index (χ0n) is 12.4. The van der Waals surface area contributed by atoms with Crippen LogP contribution in [0, 0.1) is 6.92 Å². The van der Waals surface area contributed by atoms with E-state index in [-0.39, 0.29) is 6.10 Å². The summed E-state index contributed by atoms with van der Waals surface area (Å²) >= 11 is 0.